The Hall–Kier alpha value is 0.110. The molecule has 3 heteroatoms. The molecule has 0 aromatic carbocycles. The number of hydrogen-bond acceptors (Lipinski definition) is 1. The molecule has 0 radical (unpaired) electrons. The largest absolute Gasteiger partial charge is 0.262 e. The second-order valence-corrected chi connectivity index (χ2v) is 4.50. The van der Waals surface area contributed by atoms with Crippen LogP contribution in [0.5, 0.6) is 0 Å². The number of aromatic nitrogens is 1. The Labute approximate surface area is 82.5 Å². The van der Waals surface area contributed by atoms with Crippen molar-refractivity contribution in [2.24, 2.45) is 0 Å². The first-order chi connectivity index (χ1) is 5.29. The standard InChI is InChI=1S/C8H7Br2N/c9-6-3-11-4-7(10)8(6)5-1-2-5/h3-5H,1-2H2. The van der Waals surface area contributed by atoms with Crippen LogP contribution in [0.25, 0.3) is 0 Å². The molecule has 1 aliphatic carbocycles. The Balaban J connectivity index is 2.48. The first-order valence-electron chi connectivity index (χ1n) is 3.58. The zero-order chi connectivity index (χ0) is 7.84. The van der Waals surface area contributed by atoms with E-state index >= 15 is 0 Å². The van der Waals surface area contributed by atoms with Crippen molar-refractivity contribution in [2.75, 3.05) is 0 Å². The number of nitrogens with zero attached hydrogens (tertiary/aromatic N) is 1. The minimum Gasteiger partial charge on any atom is -0.262 e. The normalized spacial score (nSPS) is 16.9. The summed E-state index contributed by atoms with van der Waals surface area (Å²) in [6, 6.07) is 0. The van der Waals surface area contributed by atoms with E-state index in [1.807, 2.05) is 12.4 Å². The molecule has 1 fully saturated rings. The summed E-state index contributed by atoms with van der Waals surface area (Å²) in [7, 11) is 0. The lowest BCUT2D eigenvalue weighted by Gasteiger charge is -2.02. The van der Waals surface area contributed by atoms with Gasteiger partial charge in [-0.15, -0.1) is 0 Å². The molecule has 1 aromatic heterocycles. The first-order valence-corrected chi connectivity index (χ1v) is 5.16. The monoisotopic (exact) mass is 275 g/mol. The average molecular weight is 277 g/mol. The topological polar surface area (TPSA) is 12.9 Å². The van der Waals surface area contributed by atoms with Crippen molar-refractivity contribution in [3.05, 3.63) is 26.9 Å². The molecular formula is C8H7Br2N. The smallest absolute Gasteiger partial charge is 0.0413 e. The highest BCUT2D eigenvalue weighted by Gasteiger charge is 2.27. The third-order valence-corrected chi connectivity index (χ3v) is 3.14. The van der Waals surface area contributed by atoms with Gasteiger partial charge in [-0.2, -0.15) is 0 Å². The van der Waals surface area contributed by atoms with E-state index < -0.39 is 0 Å². The van der Waals surface area contributed by atoms with E-state index in [-0.39, 0.29) is 0 Å². The Morgan fingerprint density at radius 3 is 2.18 bits per heavy atom. The van der Waals surface area contributed by atoms with Gasteiger partial charge in [0, 0.05) is 21.3 Å². The third-order valence-electron chi connectivity index (χ3n) is 1.88. The molecule has 2 rings (SSSR count). The van der Waals surface area contributed by atoms with Crippen LogP contribution < -0.4 is 0 Å². The zero-order valence-corrected chi connectivity index (χ0v) is 9.02. The van der Waals surface area contributed by atoms with Crippen molar-refractivity contribution in [1.82, 2.24) is 4.98 Å². The van der Waals surface area contributed by atoms with Gasteiger partial charge in [0.05, 0.1) is 0 Å². The molecule has 1 heterocycles. The van der Waals surface area contributed by atoms with E-state index in [0.717, 1.165) is 14.9 Å². The van der Waals surface area contributed by atoms with E-state index in [0.29, 0.717) is 0 Å². The van der Waals surface area contributed by atoms with Crippen molar-refractivity contribution < 1.29 is 0 Å². The average Bonchev–Trinajstić information content (AvgIpc) is 2.70. The van der Waals surface area contributed by atoms with Crippen molar-refractivity contribution in [3.63, 3.8) is 0 Å². The second-order valence-electron chi connectivity index (χ2n) is 2.79. The van der Waals surface area contributed by atoms with Crippen LogP contribution in [0.3, 0.4) is 0 Å². The summed E-state index contributed by atoms with van der Waals surface area (Å²) in [4.78, 5) is 4.06. The predicted octanol–water partition coefficient (Wildman–Crippen LogP) is 3.48. The Kier molecular flexibility index (Phi) is 2.02. The van der Waals surface area contributed by atoms with Gasteiger partial charge in [0.15, 0.2) is 0 Å². The summed E-state index contributed by atoms with van der Waals surface area (Å²) in [5.41, 5.74) is 1.39. The third kappa shape index (κ3) is 1.49. The molecule has 1 saturated carbocycles. The maximum absolute atomic E-state index is 4.06. The van der Waals surface area contributed by atoms with Crippen molar-refractivity contribution >= 4 is 31.9 Å². The number of rotatable bonds is 1. The molecule has 1 aromatic rings. The lowest BCUT2D eigenvalue weighted by molar-refractivity contribution is 1.08. The molecule has 0 unspecified atom stereocenters. The lowest BCUT2D eigenvalue weighted by atomic mass is 10.2. The van der Waals surface area contributed by atoms with Crippen LogP contribution in [0.2, 0.25) is 0 Å². The van der Waals surface area contributed by atoms with Crippen LogP contribution in [-0.2, 0) is 0 Å². The minimum absolute atomic E-state index is 0.766. The maximum atomic E-state index is 4.06. The molecule has 0 spiro atoms. The van der Waals surface area contributed by atoms with Crippen molar-refractivity contribution in [3.8, 4) is 0 Å². The van der Waals surface area contributed by atoms with Gasteiger partial charge in [0.2, 0.25) is 0 Å². The molecule has 0 amide bonds. The van der Waals surface area contributed by atoms with Crippen LogP contribution in [-0.4, -0.2) is 4.98 Å². The molecule has 1 nitrogen and oxygen atoms in total. The van der Waals surface area contributed by atoms with Gasteiger partial charge >= 0.3 is 0 Å². The van der Waals surface area contributed by atoms with Gasteiger partial charge in [-0.3, -0.25) is 4.98 Å². The van der Waals surface area contributed by atoms with E-state index in [1.165, 1.54) is 18.4 Å². The Morgan fingerprint density at radius 2 is 1.73 bits per heavy atom. The molecule has 0 saturated heterocycles. The summed E-state index contributed by atoms with van der Waals surface area (Å²) in [6.07, 6.45) is 6.36. The van der Waals surface area contributed by atoms with Crippen LogP contribution in [0.4, 0.5) is 0 Å². The maximum Gasteiger partial charge on any atom is 0.0413 e. The number of pyridine rings is 1. The highest BCUT2D eigenvalue weighted by molar-refractivity contribution is 9.11. The predicted molar refractivity (Wildman–Crippen MR) is 51.6 cm³/mol. The van der Waals surface area contributed by atoms with Crippen LogP contribution in [0, 0.1) is 0 Å². The quantitative estimate of drug-likeness (QED) is 0.765. The van der Waals surface area contributed by atoms with E-state index in [2.05, 4.69) is 36.8 Å². The molecular weight excluding hydrogens is 270 g/mol. The van der Waals surface area contributed by atoms with E-state index in [9.17, 15) is 0 Å². The minimum atomic E-state index is 0.766. The molecule has 0 atom stereocenters. The lowest BCUT2D eigenvalue weighted by Crippen LogP contribution is -1.85. The van der Waals surface area contributed by atoms with E-state index in [4.69, 9.17) is 0 Å². The molecule has 58 valence electrons. The summed E-state index contributed by atoms with van der Waals surface area (Å²) in [6.45, 7) is 0. The zero-order valence-electron chi connectivity index (χ0n) is 5.85. The SMILES string of the molecule is Brc1cncc(Br)c1C1CC1. The number of hydrogen-bond donors (Lipinski definition) is 0. The van der Waals surface area contributed by atoms with Gasteiger partial charge < -0.3 is 0 Å². The summed E-state index contributed by atoms with van der Waals surface area (Å²) in [5, 5.41) is 0. The van der Waals surface area contributed by atoms with Gasteiger partial charge in [-0.1, -0.05) is 0 Å². The van der Waals surface area contributed by atoms with E-state index in [1.54, 1.807) is 0 Å². The van der Waals surface area contributed by atoms with Gasteiger partial charge in [-0.25, -0.2) is 0 Å². The molecule has 0 bridgehead atoms. The molecule has 0 aliphatic heterocycles. The fourth-order valence-corrected chi connectivity index (χ4v) is 2.76. The fourth-order valence-electron chi connectivity index (χ4n) is 1.18. The second kappa shape index (κ2) is 2.87. The van der Waals surface area contributed by atoms with Crippen molar-refractivity contribution in [2.45, 2.75) is 18.8 Å². The van der Waals surface area contributed by atoms with Gasteiger partial charge in [0.25, 0.3) is 0 Å². The Morgan fingerprint density at radius 1 is 1.18 bits per heavy atom. The van der Waals surface area contributed by atoms with Crippen LogP contribution in [0.1, 0.15) is 24.3 Å². The molecule has 1 aliphatic rings. The van der Waals surface area contributed by atoms with Gasteiger partial charge in [0.1, 0.15) is 0 Å². The first kappa shape index (κ1) is 7.74. The highest BCUT2D eigenvalue weighted by Crippen LogP contribution is 2.45. The molecule has 11 heavy (non-hydrogen) atoms. The summed E-state index contributed by atoms with van der Waals surface area (Å²) < 4.78 is 2.27. The van der Waals surface area contributed by atoms with Crippen molar-refractivity contribution in [1.29, 1.82) is 0 Å². The Bertz CT molecular complexity index is 261. The van der Waals surface area contributed by atoms with Crippen LogP contribution in [0.15, 0.2) is 21.3 Å². The number of halogens is 2. The van der Waals surface area contributed by atoms with Gasteiger partial charge in [-0.05, 0) is 56.2 Å². The highest BCUT2D eigenvalue weighted by atomic mass is 79.9. The summed E-state index contributed by atoms with van der Waals surface area (Å²) >= 11 is 6.99. The fraction of sp³-hybridized carbons (Fsp3) is 0.375. The molecule has 0 N–H and O–H groups in total. The van der Waals surface area contributed by atoms with Crippen LogP contribution >= 0.6 is 31.9 Å². The summed E-state index contributed by atoms with van der Waals surface area (Å²) in [5.74, 6) is 0.766.